The lowest BCUT2D eigenvalue weighted by molar-refractivity contribution is -0.139. The number of nitrogens with two attached hydrogens (primary N) is 1. The molecule has 0 aliphatic heterocycles. The van der Waals surface area contributed by atoms with Gasteiger partial charge in [-0.3, -0.25) is 0 Å². The Balaban J connectivity index is 1.65. The highest BCUT2D eigenvalue weighted by molar-refractivity contribution is 7.14. The van der Waals surface area contributed by atoms with Crippen LogP contribution < -0.4 is 10.5 Å². The van der Waals surface area contributed by atoms with Gasteiger partial charge in [0, 0.05) is 5.56 Å². The second-order valence-electron chi connectivity index (χ2n) is 8.20. The number of aliphatic hydroxyl groups excluding tert-OH is 1. The summed E-state index contributed by atoms with van der Waals surface area (Å²) in [5.74, 6) is -0.357. The Morgan fingerprint density at radius 2 is 1.71 bits per heavy atom. The van der Waals surface area contributed by atoms with Crippen molar-refractivity contribution in [2.75, 3.05) is 13.2 Å². The first-order valence-electron chi connectivity index (χ1n) is 10.6. The van der Waals surface area contributed by atoms with Gasteiger partial charge in [-0.05, 0) is 56.0 Å². The van der Waals surface area contributed by atoms with Crippen LogP contribution in [0, 0.1) is 0 Å². The smallest absolute Gasteiger partial charge is 0.419 e. The topological polar surface area (TPSA) is 81.3 Å². The van der Waals surface area contributed by atoms with Crippen LogP contribution in [-0.4, -0.2) is 28.5 Å². The second kappa shape index (κ2) is 10.5. The van der Waals surface area contributed by atoms with Crippen molar-refractivity contribution in [1.29, 1.82) is 0 Å². The molecule has 1 aromatic heterocycles. The van der Waals surface area contributed by atoms with Crippen LogP contribution in [0.5, 0.6) is 5.75 Å². The average Bonchev–Trinajstić information content (AvgIpc) is 3.29. The third kappa shape index (κ3) is 6.92. The molecule has 1 heterocycles. The average molecular weight is 520 g/mol. The number of aromatic nitrogens is 2. The summed E-state index contributed by atoms with van der Waals surface area (Å²) < 4.78 is 84.8. The van der Waals surface area contributed by atoms with Gasteiger partial charge in [0.05, 0.1) is 29.9 Å². The molecule has 0 spiro atoms. The summed E-state index contributed by atoms with van der Waals surface area (Å²) in [5.41, 5.74) is 3.68. The van der Waals surface area contributed by atoms with Crippen LogP contribution in [0.25, 0.3) is 10.6 Å². The van der Waals surface area contributed by atoms with Crippen LogP contribution in [0.4, 0.5) is 26.3 Å². The number of benzene rings is 2. The van der Waals surface area contributed by atoms with Gasteiger partial charge in [0.15, 0.2) is 0 Å². The Labute approximate surface area is 201 Å². The molecule has 0 bridgehead atoms. The largest absolute Gasteiger partial charge is 0.493 e. The van der Waals surface area contributed by atoms with E-state index in [1.807, 2.05) is 0 Å². The van der Waals surface area contributed by atoms with Gasteiger partial charge in [0.25, 0.3) is 0 Å². The minimum Gasteiger partial charge on any atom is -0.493 e. The number of halogens is 6. The van der Waals surface area contributed by atoms with Crippen molar-refractivity contribution in [2.24, 2.45) is 5.73 Å². The third-order valence-corrected chi connectivity index (χ3v) is 6.40. The fourth-order valence-electron chi connectivity index (χ4n) is 3.17. The molecule has 1 atom stereocenters. The molecular weight excluding hydrogens is 496 g/mol. The summed E-state index contributed by atoms with van der Waals surface area (Å²) >= 11 is 0.982. The number of rotatable bonds is 9. The van der Waals surface area contributed by atoms with Crippen LogP contribution in [0.2, 0.25) is 0 Å². The number of ether oxygens (including phenoxy) is 1. The van der Waals surface area contributed by atoms with Gasteiger partial charge in [-0.25, -0.2) is 0 Å². The maximum atomic E-state index is 13.7. The standard InChI is InChI=1S/C23H23F6N3O2S/c1-21(30,13-33)20-32-31-19(35-20)15-8-9-18(17(12-15)23(27,28)29)34-10-3-2-5-14-6-4-7-16(11-14)22(24,25)26/h4,6-9,11-12,33H,2-3,5,10,13,30H2,1H3/t21-/m0/s1. The van der Waals surface area contributed by atoms with Gasteiger partial charge in [-0.15, -0.1) is 10.2 Å². The third-order valence-electron chi connectivity index (χ3n) is 5.15. The van der Waals surface area contributed by atoms with E-state index in [0.29, 0.717) is 24.8 Å². The van der Waals surface area contributed by atoms with Crippen molar-refractivity contribution in [1.82, 2.24) is 10.2 Å². The molecule has 3 rings (SSSR count). The quantitative estimate of drug-likeness (QED) is 0.276. The van der Waals surface area contributed by atoms with Crippen molar-refractivity contribution < 1.29 is 36.2 Å². The first kappa shape index (κ1) is 26.9. The fourth-order valence-corrected chi connectivity index (χ4v) is 4.05. The van der Waals surface area contributed by atoms with Crippen molar-refractivity contribution >= 4 is 11.3 Å². The highest BCUT2D eigenvalue weighted by Gasteiger charge is 2.35. The van der Waals surface area contributed by atoms with E-state index in [9.17, 15) is 31.4 Å². The van der Waals surface area contributed by atoms with E-state index in [-0.39, 0.29) is 27.9 Å². The van der Waals surface area contributed by atoms with Gasteiger partial charge in [0.1, 0.15) is 15.8 Å². The maximum Gasteiger partial charge on any atom is 0.419 e. The first-order valence-corrected chi connectivity index (χ1v) is 11.4. The summed E-state index contributed by atoms with van der Waals surface area (Å²) in [6.45, 7) is 1.09. The Morgan fingerprint density at radius 3 is 2.37 bits per heavy atom. The number of hydrogen-bond donors (Lipinski definition) is 2. The monoisotopic (exact) mass is 519 g/mol. The number of hydrogen-bond acceptors (Lipinski definition) is 6. The van der Waals surface area contributed by atoms with E-state index in [0.717, 1.165) is 29.5 Å². The minimum atomic E-state index is -4.69. The van der Waals surface area contributed by atoms with Crippen molar-refractivity contribution in [2.45, 2.75) is 44.1 Å². The molecule has 2 aromatic carbocycles. The van der Waals surface area contributed by atoms with Crippen molar-refractivity contribution in [3.63, 3.8) is 0 Å². The lowest BCUT2D eigenvalue weighted by Gasteiger charge is -2.17. The molecule has 190 valence electrons. The number of aryl methyl sites for hydroxylation is 1. The van der Waals surface area contributed by atoms with E-state index in [1.165, 1.54) is 25.1 Å². The van der Waals surface area contributed by atoms with Gasteiger partial charge in [-0.2, -0.15) is 26.3 Å². The molecule has 0 aliphatic rings. The Morgan fingerprint density at radius 1 is 0.971 bits per heavy atom. The molecular formula is C23H23F6N3O2S. The van der Waals surface area contributed by atoms with E-state index >= 15 is 0 Å². The van der Waals surface area contributed by atoms with Gasteiger partial charge >= 0.3 is 12.4 Å². The molecule has 0 saturated carbocycles. The van der Waals surface area contributed by atoms with Crippen LogP contribution in [0.3, 0.4) is 0 Å². The zero-order valence-electron chi connectivity index (χ0n) is 18.6. The van der Waals surface area contributed by atoms with Crippen LogP contribution in [0.1, 0.15) is 41.5 Å². The molecule has 0 fully saturated rings. The summed E-state index contributed by atoms with van der Waals surface area (Å²) in [6, 6.07) is 8.47. The highest BCUT2D eigenvalue weighted by Crippen LogP contribution is 2.40. The lowest BCUT2D eigenvalue weighted by Crippen LogP contribution is -2.36. The maximum absolute atomic E-state index is 13.7. The molecule has 5 nitrogen and oxygen atoms in total. The molecule has 12 heteroatoms. The Bertz CT molecular complexity index is 1140. The lowest BCUT2D eigenvalue weighted by atomic mass is 10.1. The zero-order chi connectivity index (χ0) is 25.9. The molecule has 0 radical (unpaired) electrons. The predicted molar refractivity (Wildman–Crippen MR) is 119 cm³/mol. The molecule has 0 unspecified atom stereocenters. The number of nitrogens with zero attached hydrogens (tertiary/aromatic N) is 2. The molecule has 0 amide bonds. The minimum absolute atomic E-state index is 0.0353. The van der Waals surface area contributed by atoms with Gasteiger partial charge in [0.2, 0.25) is 0 Å². The molecule has 3 N–H and O–H groups in total. The van der Waals surface area contributed by atoms with E-state index in [4.69, 9.17) is 10.5 Å². The summed E-state index contributed by atoms with van der Waals surface area (Å²) in [5, 5.41) is 17.6. The SMILES string of the molecule is C[C@](N)(CO)c1nnc(-c2ccc(OCCCCc3cccc(C(F)(F)F)c3)c(C(F)(F)F)c2)s1. The van der Waals surface area contributed by atoms with Crippen molar-refractivity contribution in [3.8, 4) is 16.3 Å². The van der Waals surface area contributed by atoms with Gasteiger partial charge < -0.3 is 15.6 Å². The van der Waals surface area contributed by atoms with Crippen molar-refractivity contribution in [3.05, 3.63) is 64.2 Å². The number of aliphatic hydroxyl groups is 1. The summed E-state index contributed by atoms with van der Waals surface area (Å²) in [7, 11) is 0. The van der Waals surface area contributed by atoms with Crippen LogP contribution in [-0.2, 0) is 24.3 Å². The highest BCUT2D eigenvalue weighted by atomic mass is 32.1. The van der Waals surface area contributed by atoms with E-state index in [2.05, 4.69) is 10.2 Å². The van der Waals surface area contributed by atoms with E-state index in [1.54, 1.807) is 6.07 Å². The Kier molecular flexibility index (Phi) is 8.07. The zero-order valence-corrected chi connectivity index (χ0v) is 19.4. The Hall–Kier alpha value is -2.70. The number of unbranched alkanes of at least 4 members (excludes halogenated alkanes) is 1. The summed E-state index contributed by atoms with van der Waals surface area (Å²) in [6.07, 6.45) is -7.99. The second-order valence-corrected chi connectivity index (χ2v) is 9.18. The van der Waals surface area contributed by atoms with Crippen LogP contribution >= 0.6 is 11.3 Å². The molecule has 3 aromatic rings. The first-order chi connectivity index (χ1) is 16.3. The summed E-state index contributed by atoms with van der Waals surface area (Å²) in [4.78, 5) is 0. The number of alkyl halides is 6. The molecule has 35 heavy (non-hydrogen) atoms. The molecule has 0 saturated heterocycles. The molecule has 0 aliphatic carbocycles. The van der Waals surface area contributed by atoms with Gasteiger partial charge in [-0.1, -0.05) is 29.5 Å². The predicted octanol–water partition coefficient (Wildman–Crippen LogP) is 5.81. The fraction of sp³-hybridized carbons (Fsp3) is 0.391. The normalized spacial score (nSPS) is 14.1. The van der Waals surface area contributed by atoms with Crippen LogP contribution in [0.15, 0.2) is 42.5 Å². The van der Waals surface area contributed by atoms with E-state index < -0.39 is 35.6 Å².